The Kier molecular flexibility index (Phi) is 5.32. The first kappa shape index (κ1) is 18.7. The second-order valence-electron chi connectivity index (χ2n) is 5.49. The number of amides is 1. The second kappa shape index (κ2) is 7.67. The van der Waals surface area contributed by atoms with Crippen LogP contribution in [0.5, 0.6) is 0 Å². The van der Waals surface area contributed by atoms with Crippen molar-refractivity contribution in [3.63, 3.8) is 0 Å². The van der Waals surface area contributed by atoms with Crippen LogP contribution in [0.2, 0.25) is 5.02 Å². The Morgan fingerprint density at radius 3 is 2.52 bits per heavy atom. The fourth-order valence-electron chi connectivity index (χ4n) is 2.25. The van der Waals surface area contributed by atoms with E-state index in [1.807, 2.05) is 0 Å². The molecule has 0 unspecified atom stereocenters. The molecular formula is C19H12ClF3N2O2. The molecule has 27 heavy (non-hydrogen) atoms. The van der Waals surface area contributed by atoms with E-state index in [2.05, 4.69) is 10.5 Å². The van der Waals surface area contributed by atoms with Crippen molar-refractivity contribution in [3.8, 4) is 11.3 Å². The number of benzene rings is 2. The Balaban J connectivity index is 1.68. The first-order valence-electron chi connectivity index (χ1n) is 7.69. The summed E-state index contributed by atoms with van der Waals surface area (Å²) in [7, 11) is 0. The molecule has 1 amide bonds. The monoisotopic (exact) mass is 392 g/mol. The standard InChI is InChI=1S/C19H12ClF3N2O2/c20-15-6-4-12(5-7-15)18(26)25-24-11-16-8-9-17(27-16)13-2-1-3-14(10-13)19(21,22)23/h1-11H,(H,25,26)/b24-11-. The molecule has 8 heteroatoms. The van der Waals surface area contributed by atoms with E-state index in [1.54, 1.807) is 24.3 Å². The van der Waals surface area contributed by atoms with Gasteiger partial charge in [-0.05, 0) is 48.5 Å². The van der Waals surface area contributed by atoms with Gasteiger partial charge in [0.25, 0.3) is 5.91 Å². The number of hydrogen-bond acceptors (Lipinski definition) is 3. The van der Waals surface area contributed by atoms with E-state index in [9.17, 15) is 18.0 Å². The minimum atomic E-state index is -4.43. The van der Waals surface area contributed by atoms with Gasteiger partial charge >= 0.3 is 6.18 Å². The van der Waals surface area contributed by atoms with Crippen molar-refractivity contribution in [2.75, 3.05) is 0 Å². The number of alkyl halides is 3. The lowest BCUT2D eigenvalue weighted by atomic mass is 10.1. The number of halogens is 4. The van der Waals surface area contributed by atoms with Crippen LogP contribution in [-0.2, 0) is 6.18 Å². The molecule has 3 aromatic rings. The molecule has 1 heterocycles. The summed E-state index contributed by atoms with van der Waals surface area (Å²) in [6, 6.07) is 14.1. The number of nitrogens with one attached hydrogen (secondary N) is 1. The predicted octanol–water partition coefficient (Wildman–Crippen LogP) is 5.38. The Morgan fingerprint density at radius 1 is 1.07 bits per heavy atom. The van der Waals surface area contributed by atoms with Gasteiger partial charge in [-0.25, -0.2) is 5.43 Å². The van der Waals surface area contributed by atoms with E-state index in [-0.39, 0.29) is 17.1 Å². The molecular weight excluding hydrogens is 381 g/mol. The van der Waals surface area contributed by atoms with E-state index in [0.717, 1.165) is 12.1 Å². The molecule has 0 atom stereocenters. The molecule has 0 aliphatic carbocycles. The summed E-state index contributed by atoms with van der Waals surface area (Å²) >= 11 is 5.75. The molecule has 0 saturated heterocycles. The van der Waals surface area contributed by atoms with E-state index in [1.165, 1.54) is 30.5 Å². The second-order valence-corrected chi connectivity index (χ2v) is 5.92. The smallest absolute Gasteiger partial charge is 0.416 e. The van der Waals surface area contributed by atoms with Crippen LogP contribution in [0.15, 0.2) is 70.2 Å². The summed E-state index contributed by atoms with van der Waals surface area (Å²) < 4.78 is 43.8. The zero-order chi connectivity index (χ0) is 19.4. The molecule has 0 bridgehead atoms. The van der Waals surface area contributed by atoms with Crippen LogP contribution in [0, 0.1) is 0 Å². The molecule has 0 saturated carbocycles. The fraction of sp³-hybridized carbons (Fsp3) is 0.0526. The van der Waals surface area contributed by atoms with E-state index in [0.29, 0.717) is 10.6 Å². The number of nitrogens with zero attached hydrogens (tertiary/aromatic N) is 1. The normalized spacial score (nSPS) is 11.7. The van der Waals surface area contributed by atoms with Gasteiger partial charge in [0.2, 0.25) is 0 Å². The van der Waals surface area contributed by atoms with Crippen LogP contribution >= 0.6 is 11.6 Å². The number of hydrazone groups is 1. The SMILES string of the molecule is O=C(N/N=C\c1ccc(-c2cccc(C(F)(F)F)c2)o1)c1ccc(Cl)cc1. The van der Waals surface area contributed by atoms with Gasteiger partial charge in [0, 0.05) is 16.1 Å². The summed E-state index contributed by atoms with van der Waals surface area (Å²) in [6.45, 7) is 0. The Labute approximate surface area is 157 Å². The van der Waals surface area contributed by atoms with E-state index < -0.39 is 17.6 Å². The first-order valence-corrected chi connectivity index (χ1v) is 8.07. The predicted molar refractivity (Wildman–Crippen MR) is 95.7 cm³/mol. The molecule has 0 aliphatic heterocycles. The van der Waals surface area contributed by atoms with Crippen LogP contribution in [0.4, 0.5) is 13.2 Å². The van der Waals surface area contributed by atoms with Crippen LogP contribution in [-0.4, -0.2) is 12.1 Å². The van der Waals surface area contributed by atoms with E-state index in [4.69, 9.17) is 16.0 Å². The molecule has 0 spiro atoms. The maximum Gasteiger partial charge on any atom is 0.416 e. The lowest BCUT2D eigenvalue weighted by molar-refractivity contribution is -0.137. The molecule has 3 rings (SSSR count). The third-order valence-corrected chi connectivity index (χ3v) is 3.82. The number of hydrogen-bond donors (Lipinski definition) is 1. The highest BCUT2D eigenvalue weighted by Gasteiger charge is 2.30. The van der Waals surface area contributed by atoms with Gasteiger partial charge in [0.15, 0.2) is 0 Å². The maximum absolute atomic E-state index is 12.8. The molecule has 1 aromatic heterocycles. The maximum atomic E-state index is 12.8. The molecule has 0 radical (unpaired) electrons. The van der Waals surface area contributed by atoms with Crippen LogP contribution < -0.4 is 5.43 Å². The molecule has 138 valence electrons. The third kappa shape index (κ3) is 4.77. The lowest BCUT2D eigenvalue weighted by Crippen LogP contribution is -2.17. The average molecular weight is 393 g/mol. The van der Waals surface area contributed by atoms with Crippen LogP contribution in [0.3, 0.4) is 0 Å². The Morgan fingerprint density at radius 2 is 1.81 bits per heavy atom. The highest BCUT2D eigenvalue weighted by molar-refractivity contribution is 6.30. The summed E-state index contributed by atoms with van der Waals surface area (Å²) in [6.07, 6.45) is -3.18. The molecule has 0 fully saturated rings. The first-order chi connectivity index (χ1) is 12.8. The Hall–Kier alpha value is -3.06. The number of rotatable bonds is 4. The van der Waals surface area contributed by atoms with Crippen molar-refractivity contribution in [3.05, 3.63) is 82.6 Å². The fourth-order valence-corrected chi connectivity index (χ4v) is 2.37. The largest absolute Gasteiger partial charge is 0.455 e. The Bertz CT molecular complexity index is 979. The minimum absolute atomic E-state index is 0.256. The molecule has 2 aromatic carbocycles. The van der Waals surface area contributed by atoms with Crippen molar-refractivity contribution in [1.29, 1.82) is 0 Å². The van der Waals surface area contributed by atoms with Crippen LogP contribution in [0.1, 0.15) is 21.7 Å². The molecule has 1 N–H and O–H groups in total. The van der Waals surface area contributed by atoms with Gasteiger partial charge < -0.3 is 4.42 Å². The van der Waals surface area contributed by atoms with Gasteiger partial charge in [-0.15, -0.1) is 0 Å². The van der Waals surface area contributed by atoms with Crippen LogP contribution in [0.25, 0.3) is 11.3 Å². The van der Waals surface area contributed by atoms with Gasteiger partial charge in [-0.2, -0.15) is 18.3 Å². The van der Waals surface area contributed by atoms with Gasteiger partial charge in [0.1, 0.15) is 11.5 Å². The lowest BCUT2D eigenvalue weighted by Gasteiger charge is -2.07. The van der Waals surface area contributed by atoms with Crippen molar-refractivity contribution in [1.82, 2.24) is 5.43 Å². The van der Waals surface area contributed by atoms with Crippen molar-refractivity contribution >= 4 is 23.7 Å². The summed E-state index contributed by atoms with van der Waals surface area (Å²) in [5, 5.41) is 4.28. The molecule has 0 aliphatic rings. The minimum Gasteiger partial charge on any atom is -0.455 e. The summed E-state index contributed by atoms with van der Waals surface area (Å²) in [5.74, 6) is 0.0953. The highest BCUT2D eigenvalue weighted by Crippen LogP contribution is 2.32. The summed E-state index contributed by atoms with van der Waals surface area (Å²) in [4.78, 5) is 11.9. The van der Waals surface area contributed by atoms with Gasteiger partial charge in [0.05, 0.1) is 11.8 Å². The van der Waals surface area contributed by atoms with E-state index >= 15 is 0 Å². The van der Waals surface area contributed by atoms with Crippen molar-refractivity contribution in [2.45, 2.75) is 6.18 Å². The topological polar surface area (TPSA) is 54.6 Å². The quantitative estimate of drug-likeness (QED) is 0.478. The zero-order valence-electron chi connectivity index (χ0n) is 13.6. The highest BCUT2D eigenvalue weighted by atomic mass is 35.5. The molecule has 4 nitrogen and oxygen atoms in total. The van der Waals surface area contributed by atoms with Crippen molar-refractivity contribution < 1.29 is 22.4 Å². The number of furan rings is 1. The van der Waals surface area contributed by atoms with Gasteiger partial charge in [-0.3, -0.25) is 4.79 Å². The number of carbonyl (C=O) groups is 1. The average Bonchev–Trinajstić information content (AvgIpc) is 3.10. The number of carbonyl (C=O) groups excluding carboxylic acids is 1. The third-order valence-electron chi connectivity index (χ3n) is 3.57. The van der Waals surface area contributed by atoms with Gasteiger partial charge in [-0.1, -0.05) is 23.7 Å². The van der Waals surface area contributed by atoms with Crippen molar-refractivity contribution in [2.24, 2.45) is 5.10 Å². The summed E-state index contributed by atoms with van der Waals surface area (Å²) in [5.41, 5.74) is 2.22. The zero-order valence-corrected chi connectivity index (χ0v) is 14.4.